The van der Waals surface area contributed by atoms with Crippen molar-refractivity contribution in [3.05, 3.63) is 30.3 Å². The van der Waals surface area contributed by atoms with Crippen molar-refractivity contribution in [3.8, 4) is 5.75 Å². The summed E-state index contributed by atoms with van der Waals surface area (Å²) in [6, 6.07) is 10.8. The Kier molecular flexibility index (Phi) is 6.18. The average molecular weight is 262 g/mol. The summed E-state index contributed by atoms with van der Waals surface area (Å²) >= 11 is 0. The lowest BCUT2D eigenvalue weighted by atomic mass is 10.0. The maximum absolute atomic E-state index is 5.75. The predicted octanol–water partition coefficient (Wildman–Crippen LogP) is 2.53. The quantitative estimate of drug-likeness (QED) is 0.764. The lowest BCUT2D eigenvalue weighted by molar-refractivity contribution is 0.137. The fraction of sp³-hybridized carbons (Fsp3) is 0.625. The number of rotatable bonds is 7. The average Bonchev–Trinajstić information content (AvgIpc) is 2.47. The maximum atomic E-state index is 5.75. The van der Waals surface area contributed by atoms with E-state index in [1.165, 1.54) is 25.8 Å². The van der Waals surface area contributed by atoms with Crippen LogP contribution in [0.5, 0.6) is 5.75 Å². The number of hydrogen-bond acceptors (Lipinski definition) is 3. The van der Waals surface area contributed by atoms with Crippen LogP contribution in [0, 0.1) is 0 Å². The van der Waals surface area contributed by atoms with Crippen LogP contribution in [-0.2, 0) is 0 Å². The van der Waals surface area contributed by atoms with Gasteiger partial charge in [-0.25, -0.2) is 0 Å². The van der Waals surface area contributed by atoms with Crippen molar-refractivity contribution in [2.45, 2.75) is 31.7 Å². The molecule has 1 fully saturated rings. The summed E-state index contributed by atoms with van der Waals surface area (Å²) < 4.78 is 5.75. The van der Waals surface area contributed by atoms with Crippen LogP contribution in [0.15, 0.2) is 30.3 Å². The highest BCUT2D eigenvalue weighted by Crippen LogP contribution is 2.16. The summed E-state index contributed by atoms with van der Waals surface area (Å²) in [5, 5.41) is 3.31. The first-order valence-electron chi connectivity index (χ1n) is 7.46. The molecule has 1 N–H and O–H groups in total. The normalized spacial score (nSPS) is 20.4. The first kappa shape index (κ1) is 14.4. The van der Waals surface area contributed by atoms with Gasteiger partial charge in [0.2, 0.25) is 0 Å². The van der Waals surface area contributed by atoms with E-state index < -0.39 is 0 Å². The number of piperidine rings is 1. The smallest absolute Gasteiger partial charge is 0.119 e. The minimum atomic E-state index is 0.718. The van der Waals surface area contributed by atoms with E-state index in [-0.39, 0.29) is 0 Å². The summed E-state index contributed by atoms with van der Waals surface area (Å²) in [5.74, 6) is 0.980. The topological polar surface area (TPSA) is 24.5 Å². The zero-order chi connectivity index (χ0) is 13.3. The third-order valence-corrected chi connectivity index (χ3v) is 3.79. The molecule has 1 aliphatic heterocycles. The summed E-state index contributed by atoms with van der Waals surface area (Å²) in [4.78, 5) is 2.62. The van der Waals surface area contributed by atoms with E-state index in [1.54, 1.807) is 0 Å². The Balaban J connectivity index is 1.66. The Morgan fingerprint density at radius 1 is 1.26 bits per heavy atom. The van der Waals surface area contributed by atoms with Gasteiger partial charge in [-0.2, -0.15) is 0 Å². The van der Waals surface area contributed by atoms with Crippen LogP contribution in [0.2, 0.25) is 0 Å². The monoisotopic (exact) mass is 262 g/mol. The molecule has 0 radical (unpaired) electrons. The van der Waals surface area contributed by atoms with Crippen LogP contribution in [0.25, 0.3) is 0 Å². The molecule has 19 heavy (non-hydrogen) atoms. The Hall–Kier alpha value is -1.06. The summed E-state index contributed by atoms with van der Waals surface area (Å²) in [5.41, 5.74) is 0. The van der Waals surface area contributed by atoms with Gasteiger partial charge in [0.05, 0.1) is 6.61 Å². The second kappa shape index (κ2) is 8.18. The number of nitrogens with zero attached hydrogens (tertiary/aromatic N) is 1. The molecule has 0 amide bonds. The van der Waals surface area contributed by atoms with Crippen LogP contribution in [0.3, 0.4) is 0 Å². The third-order valence-electron chi connectivity index (χ3n) is 3.79. The molecule has 1 saturated heterocycles. The summed E-state index contributed by atoms with van der Waals surface area (Å²) in [6.07, 6.45) is 5.17. The molecule has 1 aromatic carbocycles. The van der Waals surface area contributed by atoms with Gasteiger partial charge in [-0.05, 0) is 45.0 Å². The number of hydrogen-bond donors (Lipinski definition) is 1. The van der Waals surface area contributed by atoms with Crippen molar-refractivity contribution in [1.82, 2.24) is 10.2 Å². The van der Waals surface area contributed by atoms with E-state index in [2.05, 4.69) is 10.2 Å². The van der Waals surface area contributed by atoms with Crippen molar-refractivity contribution in [2.75, 3.05) is 33.3 Å². The van der Waals surface area contributed by atoms with E-state index in [9.17, 15) is 0 Å². The molecule has 1 atom stereocenters. The van der Waals surface area contributed by atoms with Gasteiger partial charge in [-0.15, -0.1) is 0 Å². The Labute approximate surface area is 116 Å². The second-order valence-corrected chi connectivity index (χ2v) is 5.26. The molecule has 0 aliphatic carbocycles. The lowest BCUT2D eigenvalue weighted by Gasteiger charge is -2.35. The van der Waals surface area contributed by atoms with E-state index in [4.69, 9.17) is 4.74 Å². The van der Waals surface area contributed by atoms with Crippen LogP contribution in [0.1, 0.15) is 25.7 Å². The molecular formula is C16H26N2O. The standard InChI is InChI=1S/C16H26N2O/c1-17-14-15-8-5-6-11-18(15)12-7-13-19-16-9-3-2-4-10-16/h2-4,9-10,15,17H,5-8,11-14H2,1H3. The Bertz CT molecular complexity index is 340. The van der Waals surface area contributed by atoms with E-state index in [0.29, 0.717) is 0 Å². The molecule has 106 valence electrons. The molecule has 1 unspecified atom stereocenters. The minimum Gasteiger partial charge on any atom is -0.494 e. The fourth-order valence-electron chi connectivity index (χ4n) is 2.80. The highest BCUT2D eigenvalue weighted by atomic mass is 16.5. The second-order valence-electron chi connectivity index (χ2n) is 5.26. The van der Waals surface area contributed by atoms with Crippen molar-refractivity contribution < 1.29 is 4.74 Å². The van der Waals surface area contributed by atoms with Gasteiger partial charge in [0, 0.05) is 19.1 Å². The molecule has 1 aliphatic rings. The predicted molar refractivity (Wildman–Crippen MR) is 79.7 cm³/mol. The zero-order valence-electron chi connectivity index (χ0n) is 12.0. The molecule has 0 bridgehead atoms. The van der Waals surface area contributed by atoms with Crippen LogP contribution >= 0.6 is 0 Å². The molecular weight excluding hydrogens is 236 g/mol. The Morgan fingerprint density at radius 2 is 2.11 bits per heavy atom. The number of likely N-dealkylation sites (tertiary alicyclic amines) is 1. The Morgan fingerprint density at radius 3 is 2.89 bits per heavy atom. The van der Waals surface area contributed by atoms with Crippen molar-refractivity contribution in [2.24, 2.45) is 0 Å². The van der Waals surface area contributed by atoms with Crippen LogP contribution in [-0.4, -0.2) is 44.2 Å². The molecule has 0 aromatic heterocycles. The van der Waals surface area contributed by atoms with Crippen LogP contribution in [0.4, 0.5) is 0 Å². The first-order chi connectivity index (χ1) is 9.40. The van der Waals surface area contributed by atoms with Gasteiger partial charge in [0.25, 0.3) is 0 Å². The number of benzene rings is 1. The molecule has 1 heterocycles. The van der Waals surface area contributed by atoms with Crippen molar-refractivity contribution >= 4 is 0 Å². The molecule has 0 saturated carbocycles. The highest BCUT2D eigenvalue weighted by molar-refractivity contribution is 5.20. The lowest BCUT2D eigenvalue weighted by Crippen LogP contribution is -2.45. The van der Waals surface area contributed by atoms with Crippen molar-refractivity contribution in [3.63, 3.8) is 0 Å². The van der Waals surface area contributed by atoms with Crippen LogP contribution < -0.4 is 10.1 Å². The van der Waals surface area contributed by atoms with Gasteiger partial charge in [0.15, 0.2) is 0 Å². The molecule has 1 aromatic rings. The number of ether oxygens (including phenoxy) is 1. The molecule has 2 rings (SSSR count). The van der Waals surface area contributed by atoms with Gasteiger partial charge in [-0.1, -0.05) is 24.6 Å². The third kappa shape index (κ3) is 4.84. The van der Waals surface area contributed by atoms with Crippen molar-refractivity contribution in [1.29, 1.82) is 0 Å². The van der Waals surface area contributed by atoms with E-state index >= 15 is 0 Å². The first-order valence-corrected chi connectivity index (χ1v) is 7.46. The van der Waals surface area contributed by atoms with Gasteiger partial charge < -0.3 is 10.1 Å². The number of likely N-dealkylation sites (N-methyl/N-ethyl adjacent to an activating group) is 1. The van der Waals surface area contributed by atoms with Gasteiger partial charge in [0.1, 0.15) is 5.75 Å². The number of nitrogens with one attached hydrogen (secondary N) is 1. The number of para-hydroxylation sites is 1. The van der Waals surface area contributed by atoms with E-state index in [1.807, 2.05) is 37.4 Å². The largest absolute Gasteiger partial charge is 0.494 e. The van der Waals surface area contributed by atoms with E-state index in [0.717, 1.165) is 37.9 Å². The zero-order valence-corrected chi connectivity index (χ0v) is 12.0. The van der Waals surface area contributed by atoms with Gasteiger partial charge >= 0.3 is 0 Å². The highest BCUT2D eigenvalue weighted by Gasteiger charge is 2.20. The fourth-order valence-corrected chi connectivity index (χ4v) is 2.80. The molecule has 3 heteroatoms. The molecule has 3 nitrogen and oxygen atoms in total. The molecule has 0 spiro atoms. The maximum Gasteiger partial charge on any atom is 0.119 e. The summed E-state index contributed by atoms with van der Waals surface area (Å²) in [6.45, 7) is 4.32. The minimum absolute atomic E-state index is 0.718. The SMILES string of the molecule is CNCC1CCCCN1CCCOc1ccccc1. The summed E-state index contributed by atoms with van der Waals surface area (Å²) in [7, 11) is 2.05. The van der Waals surface area contributed by atoms with Gasteiger partial charge in [-0.3, -0.25) is 4.90 Å².